The summed E-state index contributed by atoms with van der Waals surface area (Å²) in [5.74, 6) is 2.51. The number of carboxylic acid groups (broad SMARTS) is 1. The highest BCUT2D eigenvalue weighted by Gasteiger charge is 2.84. The van der Waals surface area contributed by atoms with Crippen molar-refractivity contribution in [2.24, 2.45) is 29.1 Å². The monoisotopic (exact) mass is 388 g/mol. The number of aliphatic carboxylic acids is 1. The van der Waals surface area contributed by atoms with Gasteiger partial charge in [-0.05, 0) is 65.3 Å². The summed E-state index contributed by atoms with van der Waals surface area (Å²) in [6.45, 7) is 0. The lowest BCUT2D eigenvalue weighted by Crippen LogP contribution is -2.46. The van der Waals surface area contributed by atoms with E-state index in [1.165, 1.54) is 0 Å². The second-order valence-electron chi connectivity index (χ2n) is 8.05. The van der Waals surface area contributed by atoms with Gasteiger partial charge in [-0.25, -0.2) is 9.97 Å². The maximum Gasteiger partial charge on any atom is 0.310 e. The lowest BCUT2D eigenvalue weighted by Gasteiger charge is -2.44. The van der Waals surface area contributed by atoms with E-state index in [0.717, 1.165) is 41.6 Å². The van der Waals surface area contributed by atoms with Crippen LogP contribution in [-0.4, -0.2) is 25.4 Å². The van der Waals surface area contributed by atoms with Crippen molar-refractivity contribution in [3.63, 3.8) is 0 Å². The number of aromatic nitrogens is 3. The maximum atomic E-state index is 11.9. The molecule has 2 bridgehead atoms. The van der Waals surface area contributed by atoms with Gasteiger partial charge >= 0.3 is 5.97 Å². The smallest absolute Gasteiger partial charge is 0.310 e. The number of nitrogens with zero attached hydrogens (tertiary/aromatic N) is 3. The zero-order valence-electron chi connectivity index (χ0n) is 12.9. The van der Waals surface area contributed by atoms with E-state index in [1.807, 2.05) is 6.20 Å². The number of hydrogen-bond donors (Lipinski definition) is 2. The van der Waals surface area contributed by atoms with Crippen LogP contribution in [0.3, 0.4) is 0 Å². The molecule has 6 atom stereocenters. The van der Waals surface area contributed by atoms with Crippen LogP contribution in [0.1, 0.15) is 31.5 Å². The molecule has 7 rings (SSSR count). The number of rotatable bonds is 2. The first-order valence-corrected chi connectivity index (χ1v) is 9.33. The van der Waals surface area contributed by atoms with E-state index in [2.05, 4.69) is 25.3 Å². The minimum Gasteiger partial charge on any atom is -0.481 e. The van der Waals surface area contributed by atoms with E-state index in [0.29, 0.717) is 29.5 Å². The molecule has 2 heterocycles. The molecule has 124 valence electrons. The van der Waals surface area contributed by atoms with Gasteiger partial charge in [-0.15, -0.1) is 0 Å². The van der Waals surface area contributed by atoms with Gasteiger partial charge in [0.25, 0.3) is 0 Å². The number of halogens is 1. The van der Waals surface area contributed by atoms with Crippen LogP contribution in [-0.2, 0) is 10.2 Å². The Morgan fingerprint density at radius 1 is 1.29 bits per heavy atom. The summed E-state index contributed by atoms with van der Waals surface area (Å²) in [6.07, 6.45) is 7.78. The number of nitrogens with two attached hydrogens (primary N) is 1. The normalized spacial score (nSPS) is 44.2. The molecule has 3 N–H and O–H groups in total. The Bertz CT molecular complexity index is 942. The van der Waals surface area contributed by atoms with Gasteiger partial charge in [0.1, 0.15) is 15.9 Å². The topological polar surface area (TPSA) is 93.5 Å². The van der Waals surface area contributed by atoms with E-state index >= 15 is 0 Å². The van der Waals surface area contributed by atoms with Crippen LogP contribution in [0.25, 0.3) is 5.52 Å². The first kappa shape index (κ1) is 13.6. The Morgan fingerprint density at radius 3 is 2.88 bits per heavy atom. The summed E-state index contributed by atoms with van der Waals surface area (Å²) in [5, 5.41) is 9.81. The first-order chi connectivity index (χ1) is 11.5. The van der Waals surface area contributed by atoms with Crippen molar-refractivity contribution in [1.82, 2.24) is 14.4 Å². The second kappa shape index (κ2) is 3.79. The average Bonchev–Trinajstić information content (AvgIpc) is 3.43. The van der Waals surface area contributed by atoms with E-state index in [-0.39, 0.29) is 5.41 Å². The number of fused-ring (bicyclic) bond motifs is 2. The van der Waals surface area contributed by atoms with Gasteiger partial charge in [0.2, 0.25) is 0 Å². The SMILES string of the molecule is Nc1nccn2c(C34CC3C3CCC4C4CC43C(=O)O)nc(Br)c12. The van der Waals surface area contributed by atoms with Crippen LogP contribution in [0.15, 0.2) is 17.0 Å². The van der Waals surface area contributed by atoms with Gasteiger partial charge in [0, 0.05) is 17.8 Å². The number of hydrogen-bond acceptors (Lipinski definition) is 4. The van der Waals surface area contributed by atoms with Crippen molar-refractivity contribution in [3.8, 4) is 0 Å². The number of imidazole rings is 1. The highest BCUT2D eigenvalue weighted by Crippen LogP contribution is 2.84. The Balaban J connectivity index is 1.55. The second-order valence-corrected chi connectivity index (χ2v) is 8.81. The summed E-state index contributed by atoms with van der Waals surface area (Å²) >= 11 is 3.54. The summed E-state index contributed by atoms with van der Waals surface area (Å²) in [7, 11) is 0. The Hall–Kier alpha value is -1.63. The van der Waals surface area contributed by atoms with Crippen LogP contribution >= 0.6 is 15.9 Å². The molecular weight excluding hydrogens is 372 g/mol. The summed E-state index contributed by atoms with van der Waals surface area (Å²) in [4.78, 5) is 20.9. The fourth-order valence-electron chi connectivity index (χ4n) is 6.64. The van der Waals surface area contributed by atoms with Crippen molar-refractivity contribution in [3.05, 3.63) is 22.8 Å². The maximum absolute atomic E-state index is 11.9. The number of carboxylic acids is 1. The summed E-state index contributed by atoms with van der Waals surface area (Å²) in [5.41, 5.74) is 6.51. The lowest BCUT2D eigenvalue weighted by molar-refractivity contribution is -0.150. The molecule has 2 aromatic rings. The Labute approximate surface area is 146 Å². The third kappa shape index (κ3) is 1.21. The highest BCUT2D eigenvalue weighted by atomic mass is 79.9. The first-order valence-electron chi connectivity index (χ1n) is 8.53. The number of carbonyl (C=O) groups is 1. The van der Waals surface area contributed by atoms with E-state index < -0.39 is 11.4 Å². The molecule has 2 aromatic heterocycles. The van der Waals surface area contributed by atoms with E-state index in [4.69, 9.17) is 10.7 Å². The van der Waals surface area contributed by atoms with Crippen LogP contribution in [0.2, 0.25) is 0 Å². The van der Waals surface area contributed by atoms with Crippen LogP contribution in [0.5, 0.6) is 0 Å². The molecule has 5 fully saturated rings. The van der Waals surface area contributed by atoms with Gasteiger partial charge in [0.05, 0.1) is 5.41 Å². The lowest BCUT2D eigenvalue weighted by atomic mass is 9.59. The quantitative estimate of drug-likeness (QED) is 0.823. The molecule has 0 saturated heterocycles. The van der Waals surface area contributed by atoms with Crippen LogP contribution < -0.4 is 5.73 Å². The molecule has 5 aliphatic rings. The van der Waals surface area contributed by atoms with Gasteiger partial charge in [0.15, 0.2) is 5.82 Å². The predicted octanol–water partition coefficient (Wildman–Crippen LogP) is 2.46. The van der Waals surface area contributed by atoms with Gasteiger partial charge < -0.3 is 10.8 Å². The molecular formula is C17H17BrN4O2. The number of nitrogen functional groups attached to an aromatic ring is 1. The third-order valence-corrected chi connectivity index (χ3v) is 8.11. The average molecular weight is 389 g/mol. The van der Waals surface area contributed by atoms with Crippen molar-refractivity contribution in [1.29, 1.82) is 0 Å². The Kier molecular flexibility index (Phi) is 2.15. The van der Waals surface area contributed by atoms with Crippen LogP contribution in [0, 0.1) is 29.1 Å². The van der Waals surface area contributed by atoms with Crippen molar-refractivity contribution in [2.45, 2.75) is 31.1 Å². The van der Waals surface area contributed by atoms with Crippen LogP contribution in [0.4, 0.5) is 5.82 Å². The molecule has 5 saturated carbocycles. The highest BCUT2D eigenvalue weighted by molar-refractivity contribution is 9.10. The molecule has 0 radical (unpaired) electrons. The molecule has 0 spiro atoms. The van der Waals surface area contributed by atoms with E-state index in [9.17, 15) is 9.90 Å². The minimum atomic E-state index is -0.565. The third-order valence-electron chi connectivity index (χ3n) is 7.56. The molecule has 0 aliphatic heterocycles. The molecule has 6 unspecified atom stereocenters. The molecule has 5 aliphatic carbocycles. The summed E-state index contributed by atoms with van der Waals surface area (Å²) in [6, 6.07) is 0. The largest absolute Gasteiger partial charge is 0.481 e. The summed E-state index contributed by atoms with van der Waals surface area (Å²) < 4.78 is 2.82. The molecule has 0 aromatic carbocycles. The Morgan fingerprint density at radius 2 is 2.08 bits per heavy atom. The van der Waals surface area contributed by atoms with Gasteiger partial charge in [-0.3, -0.25) is 9.20 Å². The molecule has 24 heavy (non-hydrogen) atoms. The zero-order chi connectivity index (χ0) is 16.4. The fraction of sp³-hybridized carbons (Fsp3) is 0.588. The van der Waals surface area contributed by atoms with Gasteiger partial charge in [-0.1, -0.05) is 0 Å². The van der Waals surface area contributed by atoms with Crippen molar-refractivity contribution < 1.29 is 9.90 Å². The van der Waals surface area contributed by atoms with Gasteiger partial charge in [-0.2, -0.15) is 0 Å². The molecule has 6 nitrogen and oxygen atoms in total. The van der Waals surface area contributed by atoms with Crippen molar-refractivity contribution >= 4 is 33.2 Å². The molecule has 7 heteroatoms. The minimum absolute atomic E-state index is 0.0474. The number of anilines is 1. The zero-order valence-corrected chi connectivity index (χ0v) is 14.5. The fourth-order valence-corrected chi connectivity index (χ4v) is 7.20. The standard InChI is InChI=1S/C17H17BrN4O2/c18-12-11-13(19)20-3-4-22(11)14(21-12)16-5-9(16)8-2-1-7(16)10-6-17(8,10)15(23)24/h3-4,7-10H,1-2,5-6H2,(H2,19,20)(H,23,24). The van der Waals surface area contributed by atoms with E-state index in [1.54, 1.807) is 6.20 Å². The predicted molar refractivity (Wildman–Crippen MR) is 89.3 cm³/mol. The molecule has 0 amide bonds. The van der Waals surface area contributed by atoms with Crippen molar-refractivity contribution in [2.75, 3.05) is 5.73 Å².